The van der Waals surface area contributed by atoms with Crippen LogP contribution in [0.2, 0.25) is 0 Å². The summed E-state index contributed by atoms with van der Waals surface area (Å²) >= 11 is 0. The summed E-state index contributed by atoms with van der Waals surface area (Å²) in [6, 6.07) is 0. The van der Waals surface area contributed by atoms with Gasteiger partial charge in [-0.05, 0) is 33.6 Å². The molecule has 1 aliphatic heterocycles. The predicted molar refractivity (Wildman–Crippen MR) is 68.4 cm³/mol. The first-order valence-electron chi connectivity index (χ1n) is 5.94. The third kappa shape index (κ3) is 2.98. The van der Waals surface area contributed by atoms with E-state index in [2.05, 4.69) is 18.7 Å². The van der Waals surface area contributed by atoms with E-state index in [1.54, 1.807) is 0 Å². The number of nitrogens with zero attached hydrogens (tertiary/aromatic N) is 1. The smallest absolute Gasteiger partial charge is 0.153 e. The lowest BCUT2D eigenvalue weighted by Gasteiger charge is -2.53. The summed E-state index contributed by atoms with van der Waals surface area (Å²) in [7, 11) is -2.91. The largest absolute Gasteiger partial charge is 0.291 e. The molecular weight excluding hydrogens is 222 g/mol. The highest BCUT2D eigenvalue weighted by molar-refractivity contribution is 7.91. The molecule has 1 rings (SSSR count). The lowest BCUT2D eigenvalue weighted by atomic mass is 9.93. The SMILES string of the molecule is CC(C)CN1C(C)(C)CS(=O)(=O)CC1(C)C. The zero-order valence-corrected chi connectivity index (χ0v) is 12.2. The molecule has 16 heavy (non-hydrogen) atoms. The van der Waals surface area contributed by atoms with Crippen molar-refractivity contribution in [2.45, 2.75) is 52.6 Å². The molecule has 0 amide bonds. The Morgan fingerprint density at radius 1 is 1.06 bits per heavy atom. The molecule has 0 aromatic heterocycles. The molecule has 0 aliphatic carbocycles. The fourth-order valence-electron chi connectivity index (χ4n) is 2.96. The summed E-state index contributed by atoms with van der Waals surface area (Å²) in [5.41, 5.74) is -0.518. The van der Waals surface area contributed by atoms with Gasteiger partial charge in [-0.1, -0.05) is 13.8 Å². The van der Waals surface area contributed by atoms with Crippen LogP contribution in [0.4, 0.5) is 0 Å². The Hall–Kier alpha value is -0.0900. The first-order chi connectivity index (χ1) is 6.96. The van der Waals surface area contributed by atoms with Gasteiger partial charge in [-0.3, -0.25) is 4.90 Å². The van der Waals surface area contributed by atoms with Gasteiger partial charge in [0.05, 0.1) is 11.5 Å². The lowest BCUT2D eigenvalue weighted by Crippen LogP contribution is -2.66. The highest BCUT2D eigenvalue weighted by Gasteiger charge is 2.47. The monoisotopic (exact) mass is 247 g/mol. The van der Waals surface area contributed by atoms with E-state index in [0.29, 0.717) is 5.92 Å². The molecule has 0 aromatic carbocycles. The van der Waals surface area contributed by atoms with Gasteiger partial charge >= 0.3 is 0 Å². The second-order valence-electron chi connectivity index (χ2n) is 6.66. The Kier molecular flexibility index (Phi) is 3.48. The number of hydrogen-bond donors (Lipinski definition) is 0. The minimum absolute atomic E-state index is 0.259. The van der Waals surface area contributed by atoms with Crippen molar-refractivity contribution in [2.24, 2.45) is 5.92 Å². The molecule has 0 radical (unpaired) electrons. The van der Waals surface area contributed by atoms with E-state index in [4.69, 9.17) is 0 Å². The third-order valence-electron chi connectivity index (χ3n) is 3.16. The van der Waals surface area contributed by atoms with Crippen LogP contribution in [0.15, 0.2) is 0 Å². The molecule has 1 fully saturated rings. The van der Waals surface area contributed by atoms with Crippen LogP contribution in [-0.4, -0.2) is 42.4 Å². The Labute approximate surface area is 100 Å². The molecule has 4 heteroatoms. The van der Waals surface area contributed by atoms with E-state index in [1.807, 2.05) is 27.7 Å². The molecule has 0 spiro atoms. The Balaban J connectivity index is 3.06. The maximum absolute atomic E-state index is 11.9. The highest BCUT2D eigenvalue weighted by atomic mass is 32.2. The van der Waals surface area contributed by atoms with Crippen molar-refractivity contribution in [1.82, 2.24) is 4.90 Å². The second kappa shape index (κ2) is 3.98. The molecule has 1 aliphatic rings. The molecule has 0 bridgehead atoms. The van der Waals surface area contributed by atoms with Gasteiger partial charge in [-0.2, -0.15) is 0 Å². The number of hydrogen-bond acceptors (Lipinski definition) is 3. The van der Waals surface area contributed by atoms with Crippen LogP contribution in [0.1, 0.15) is 41.5 Å². The maximum Gasteiger partial charge on any atom is 0.153 e. The second-order valence-corrected chi connectivity index (χ2v) is 8.73. The zero-order valence-electron chi connectivity index (χ0n) is 11.4. The van der Waals surface area contributed by atoms with Crippen LogP contribution in [0, 0.1) is 5.92 Å². The van der Waals surface area contributed by atoms with Crippen molar-refractivity contribution in [3.63, 3.8) is 0 Å². The fourth-order valence-corrected chi connectivity index (χ4v) is 5.53. The van der Waals surface area contributed by atoms with Crippen LogP contribution in [-0.2, 0) is 9.84 Å². The van der Waals surface area contributed by atoms with E-state index >= 15 is 0 Å². The maximum atomic E-state index is 11.9. The molecule has 0 N–H and O–H groups in total. The van der Waals surface area contributed by atoms with Crippen LogP contribution in [0.3, 0.4) is 0 Å². The van der Waals surface area contributed by atoms with Gasteiger partial charge in [0.1, 0.15) is 0 Å². The van der Waals surface area contributed by atoms with Gasteiger partial charge in [0, 0.05) is 17.6 Å². The molecule has 0 atom stereocenters. The lowest BCUT2D eigenvalue weighted by molar-refractivity contribution is 0.0225. The molecule has 0 unspecified atom stereocenters. The molecule has 3 nitrogen and oxygen atoms in total. The van der Waals surface area contributed by atoms with E-state index in [0.717, 1.165) is 6.54 Å². The Morgan fingerprint density at radius 2 is 1.44 bits per heavy atom. The molecule has 1 heterocycles. The van der Waals surface area contributed by atoms with Gasteiger partial charge in [0.15, 0.2) is 9.84 Å². The standard InChI is InChI=1S/C12H25NO2S/c1-10(2)7-13-11(3,4)8-16(14,15)9-12(13,5)6/h10H,7-9H2,1-6H3. The Bertz CT molecular complexity index is 331. The van der Waals surface area contributed by atoms with E-state index in [-0.39, 0.29) is 22.6 Å². The quantitative estimate of drug-likeness (QED) is 0.748. The molecular formula is C12H25NO2S. The summed E-state index contributed by atoms with van der Waals surface area (Å²) < 4.78 is 23.8. The minimum atomic E-state index is -2.91. The van der Waals surface area contributed by atoms with Gasteiger partial charge in [-0.15, -0.1) is 0 Å². The fraction of sp³-hybridized carbons (Fsp3) is 1.00. The zero-order chi connectivity index (χ0) is 12.8. The van der Waals surface area contributed by atoms with Crippen LogP contribution < -0.4 is 0 Å². The van der Waals surface area contributed by atoms with Crippen molar-refractivity contribution >= 4 is 9.84 Å². The van der Waals surface area contributed by atoms with E-state index in [9.17, 15) is 8.42 Å². The summed E-state index contributed by atoms with van der Waals surface area (Å²) in [6.45, 7) is 13.4. The summed E-state index contributed by atoms with van der Waals surface area (Å²) in [5, 5.41) is 0. The van der Waals surface area contributed by atoms with Crippen LogP contribution in [0.25, 0.3) is 0 Å². The van der Waals surface area contributed by atoms with Gasteiger partial charge in [0.2, 0.25) is 0 Å². The van der Waals surface area contributed by atoms with Crippen molar-refractivity contribution in [3.8, 4) is 0 Å². The van der Waals surface area contributed by atoms with Crippen LogP contribution in [0.5, 0.6) is 0 Å². The van der Waals surface area contributed by atoms with Gasteiger partial charge in [-0.25, -0.2) is 8.42 Å². The van der Waals surface area contributed by atoms with Crippen LogP contribution >= 0.6 is 0 Å². The minimum Gasteiger partial charge on any atom is -0.291 e. The highest BCUT2D eigenvalue weighted by Crippen LogP contribution is 2.34. The first-order valence-corrected chi connectivity index (χ1v) is 7.77. The molecule has 0 saturated carbocycles. The number of rotatable bonds is 2. The average Bonchev–Trinajstić information content (AvgIpc) is 1.92. The topological polar surface area (TPSA) is 37.4 Å². The summed E-state index contributed by atoms with van der Waals surface area (Å²) in [6.07, 6.45) is 0. The predicted octanol–water partition coefficient (Wildman–Crippen LogP) is 1.93. The van der Waals surface area contributed by atoms with Crippen molar-refractivity contribution in [1.29, 1.82) is 0 Å². The van der Waals surface area contributed by atoms with Crippen molar-refractivity contribution in [3.05, 3.63) is 0 Å². The van der Waals surface area contributed by atoms with Crippen molar-refractivity contribution in [2.75, 3.05) is 18.1 Å². The molecule has 0 aromatic rings. The molecule has 1 saturated heterocycles. The summed E-state index contributed by atoms with van der Waals surface area (Å²) in [4.78, 5) is 2.35. The van der Waals surface area contributed by atoms with Gasteiger partial charge < -0.3 is 0 Å². The normalized spacial score (nSPS) is 28.2. The van der Waals surface area contributed by atoms with E-state index < -0.39 is 9.84 Å². The van der Waals surface area contributed by atoms with Crippen molar-refractivity contribution < 1.29 is 8.42 Å². The summed E-state index contributed by atoms with van der Waals surface area (Å²) in [5.74, 6) is 1.10. The first kappa shape index (κ1) is 14.0. The third-order valence-corrected chi connectivity index (χ3v) is 5.45. The van der Waals surface area contributed by atoms with E-state index in [1.165, 1.54) is 0 Å². The molecule has 96 valence electrons. The number of sulfone groups is 1. The Morgan fingerprint density at radius 3 is 1.75 bits per heavy atom. The average molecular weight is 247 g/mol. The van der Waals surface area contributed by atoms with Gasteiger partial charge in [0.25, 0.3) is 0 Å².